The van der Waals surface area contributed by atoms with Crippen LogP contribution in [0.2, 0.25) is 0 Å². The first-order chi connectivity index (χ1) is 9.35. The molecule has 0 heterocycles. The second-order valence-corrected chi connectivity index (χ2v) is 5.62. The second kappa shape index (κ2) is 7.29. The van der Waals surface area contributed by atoms with Crippen molar-refractivity contribution >= 4 is 5.91 Å². The molecule has 0 aliphatic carbocycles. The van der Waals surface area contributed by atoms with Crippen molar-refractivity contribution in [1.29, 1.82) is 0 Å². The molecular weight excluding hydrogens is 252 g/mol. The minimum atomic E-state index is -0.808. The van der Waals surface area contributed by atoms with Gasteiger partial charge in [0, 0.05) is 0 Å². The Kier molecular flexibility index (Phi) is 6.02. The Bertz CT molecular complexity index is 444. The van der Waals surface area contributed by atoms with Crippen LogP contribution < -0.4 is 15.8 Å². The lowest BCUT2D eigenvalue weighted by Gasteiger charge is -2.24. The third-order valence-corrected chi connectivity index (χ3v) is 3.16. The number of hydrogen-bond donors (Lipinski definition) is 2. The van der Waals surface area contributed by atoms with Gasteiger partial charge in [-0.25, -0.2) is 0 Å². The van der Waals surface area contributed by atoms with Crippen LogP contribution in [-0.4, -0.2) is 24.1 Å². The fourth-order valence-electron chi connectivity index (χ4n) is 2.03. The van der Waals surface area contributed by atoms with Crippen molar-refractivity contribution in [1.82, 2.24) is 5.32 Å². The summed E-state index contributed by atoms with van der Waals surface area (Å²) in [7, 11) is 0. The molecule has 3 N–H and O–H groups in total. The molecule has 1 rings (SSSR count). The maximum absolute atomic E-state index is 12.0. The number of nitrogens with two attached hydrogens (primary N) is 1. The lowest BCUT2D eigenvalue weighted by atomic mass is 9.96. The van der Waals surface area contributed by atoms with Gasteiger partial charge in [0.15, 0.2) is 0 Å². The number of nitrogens with one attached hydrogen (secondary N) is 1. The van der Waals surface area contributed by atoms with Crippen molar-refractivity contribution in [3.63, 3.8) is 0 Å². The van der Waals surface area contributed by atoms with Gasteiger partial charge in [-0.2, -0.15) is 0 Å². The van der Waals surface area contributed by atoms with Gasteiger partial charge in [0.25, 0.3) is 0 Å². The van der Waals surface area contributed by atoms with Crippen LogP contribution in [0, 0.1) is 6.92 Å². The van der Waals surface area contributed by atoms with Gasteiger partial charge < -0.3 is 15.8 Å². The van der Waals surface area contributed by atoms with E-state index in [1.165, 1.54) is 0 Å². The molecule has 2 atom stereocenters. The molecule has 0 saturated heterocycles. The van der Waals surface area contributed by atoms with E-state index < -0.39 is 5.54 Å². The number of ether oxygens (including phenoxy) is 1. The molecule has 0 aromatic heterocycles. The summed E-state index contributed by atoms with van der Waals surface area (Å²) in [5, 5.41) is 2.85. The highest BCUT2D eigenvalue weighted by atomic mass is 16.5. The normalized spacial score (nSPS) is 15.2. The standard InChI is InChI=1S/C16H26N2O2/c1-5-9-16(4,17)15(19)18-11-13(3)20-14-8-6-7-12(2)10-14/h6-8,10,13H,5,9,11,17H2,1-4H3,(H,18,19). The topological polar surface area (TPSA) is 64.4 Å². The Labute approximate surface area is 121 Å². The lowest BCUT2D eigenvalue weighted by molar-refractivity contribution is -0.126. The summed E-state index contributed by atoms with van der Waals surface area (Å²) in [6.07, 6.45) is 1.46. The van der Waals surface area contributed by atoms with Crippen LogP contribution in [0.3, 0.4) is 0 Å². The smallest absolute Gasteiger partial charge is 0.239 e. The first-order valence-corrected chi connectivity index (χ1v) is 7.15. The van der Waals surface area contributed by atoms with E-state index in [0.717, 1.165) is 17.7 Å². The summed E-state index contributed by atoms with van der Waals surface area (Å²) in [6.45, 7) is 8.17. The van der Waals surface area contributed by atoms with Crippen LogP contribution in [-0.2, 0) is 4.79 Å². The minimum Gasteiger partial charge on any atom is -0.489 e. The van der Waals surface area contributed by atoms with Crippen LogP contribution in [0.15, 0.2) is 24.3 Å². The maximum Gasteiger partial charge on any atom is 0.239 e. The number of carbonyl (C=O) groups is 1. The van der Waals surface area contributed by atoms with Crippen LogP contribution >= 0.6 is 0 Å². The number of hydrogen-bond acceptors (Lipinski definition) is 3. The third kappa shape index (κ3) is 5.21. The Morgan fingerprint density at radius 3 is 2.80 bits per heavy atom. The summed E-state index contributed by atoms with van der Waals surface area (Å²) in [5.41, 5.74) is 6.32. The SMILES string of the molecule is CCCC(C)(N)C(=O)NCC(C)Oc1cccc(C)c1. The number of aryl methyl sites for hydroxylation is 1. The molecule has 20 heavy (non-hydrogen) atoms. The summed E-state index contributed by atoms with van der Waals surface area (Å²) in [4.78, 5) is 12.0. The van der Waals surface area contributed by atoms with Gasteiger partial charge in [0.05, 0.1) is 12.1 Å². The average molecular weight is 278 g/mol. The third-order valence-electron chi connectivity index (χ3n) is 3.16. The second-order valence-electron chi connectivity index (χ2n) is 5.62. The zero-order valence-electron chi connectivity index (χ0n) is 12.9. The maximum atomic E-state index is 12.0. The average Bonchev–Trinajstić information content (AvgIpc) is 2.35. The van der Waals surface area contributed by atoms with Crippen molar-refractivity contribution < 1.29 is 9.53 Å². The Morgan fingerprint density at radius 2 is 2.20 bits per heavy atom. The molecule has 4 nitrogen and oxygen atoms in total. The molecular formula is C16H26N2O2. The van der Waals surface area contributed by atoms with E-state index in [9.17, 15) is 4.79 Å². The fraction of sp³-hybridized carbons (Fsp3) is 0.562. The van der Waals surface area contributed by atoms with Gasteiger partial charge in [0.2, 0.25) is 5.91 Å². The largest absolute Gasteiger partial charge is 0.489 e. The van der Waals surface area contributed by atoms with Gasteiger partial charge in [-0.1, -0.05) is 25.5 Å². The lowest BCUT2D eigenvalue weighted by Crippen LogP contribution is -2.53. The van der Waals surface area contributed by atoms with Gasteiger partial charge >= 0.3 is 0 Å². The van der Waals surface area contributed by atoms with Gasteiger partial charge in [-0.05, 0) is 44.9 Å². The van der Waals surface area contributed by atoms with Crippen molar-refractivity contribution in [2.24, 2.45) is 5.73 Å². The van der Waals surface area contributed by atoms with Crippen LogP contribution in [0.1, 0.15) is 39.2 Å². The van der Waals surface area contributed by atoms with E-state index in [0.29, 0.717) is 13.0 Å². The van der Waals surface area contributed by atoms with E-state index in [-0.39, 0.29) is 12.0 Å². The van der Waals surface area contributed by atoms with Crippen molar-refractivity contribution in [3.05, 3.63) is 29.8 Å². The van der Waals surface area contributed by atoms with Crippen LogP contribution in [0.4, 0.5) is 0 Å². The number of rotatable bonds is 7. The summed E-state index contributed by atoms with van der Waals surface area (Å²) >= 11 is 0. The number of amides is 1. The fourth-order valence-corrected chi connectivity index (χ4v) is 2.03. The molecule has 0 fully saturated rings. The molecule has 1 aromatic rings. The molecule has 0 radical (unpaired) electrons. The first-order valence-electron chi connectivity index (χ1n) is 7.15. The van der Waals surface area contributed by atoms with Gasteiger partial charge in [-0.15, -0.1) is 0 Å². The predicted octanol–water partition coefficient (Wildman–Crippen LogP) is 2.40. The molecule has 0 saturated carbocycles. The minimum absolute atomic E-state index is 0.0989. The highest BCUT2D eigenvalue weighted by molar-refractivity contribution is 5.85. The van der Waals surface area contributed by atoms with Gasteiger partial charge in [-0.3, -0.25) is 4.79 Å². The van der Waals surface area contributed by atoms with E-state index in [1.807, 2.05) is 45.0 Å². The molecule has 0 aliphatic heterocycles. The summed E-state index contributed by atoms with van der Waals surface area (Å²) in [6, 6.07) is 7.86. The Balaban J connectivity index is 2.43. The molecule has 0 spiro atoms. The predicted molar refractivity (Wildman–Crippen MR) is 81.8 cm³/mol. The number of carbonyl (C=O) groups excluding carboxylic acids is 1. The van der Waals surface area contributed by atoms with E-state index in [4.69, 9.17) is 10.5 Å². The van der Waals surface area contributed by atoms with Crippen LogP contribution in [0.5, 0.6) is 5.75 Å². The molecule has 4 heteroatoms. The van der Waals surface area contributed by atoms with E-state index >= 15 is 0 Å². The molecule has 0 aliphatic rings. The molecule has 0 bridgehead atoms. The molecule has 1 amide bonds. The van der Waals surface area contributed by atoms with Gasteiger partial charge in [0.1, 0.15) is 11.9 Å². The highest BCUT2D eigenvalue weighted by Gasteiger charge is 2.27. The van der Waals surface area contributed by atoms with Crippen molar-refractivity contribution in [2.75, 3.05) is 6.54 Å². The highest BCUT2D eigenvalue weighted by Crippen LogP contribution is 2.14. The number of benzene rings is 1. The summed E-state index contributed by atoms with van der Waals surface area (Å²) < 4.78 is 5.76. The molecule has 112 valence electrons. The monoisotopic (exact) mass is 278 g/mol. The van der Waals surface area contributed by atoms with Crippen molar-refractivity contribution in [3.8, 4) is 5.75 Å². The quantitative estimate of drug-likeness (QED) is 0.805. The van der Waals surface area contributed by atoms with Crippen molar-refractivity contribution in [2.45, 2.75) is 52.2 Å². The molecule has 2 unspecified atom stereocenters. The zero-order chi connectivity index (χ0) is 15.2. The van der Waals surface area contributed by atoms with Crippen LogP contribution in [0.25, 0.3) is 0 Å². The molecule has 1 aromatic carbocycles. The Morgan fingerprint density at radius 1 is 1.50 bits per heavy atom. The first kappa shape index (κ1) is 16.5. The van der Waals surface area contributed by atoms with E-state index in [1.54, 1.807) is 6.92 Å². The summed E-state index contributed by atoms with van der Waals surface area (Å²) in [5.74, 6) is 0.690. The van der Waals surface area contributed by atoms with E-state index in [2.05, 4.69) is 5.32 Å². The zero-order valence-corrected chi connectivity index (χ0v) is 12.9. The Hall–Kier alpha value is -1.55.